The minimum atomic E-state index is -0.517. The van der Waals surface area contributed by atoms with Crippen molar-refractivity contribution in [1.29, 1.82) is 0 Å². The molecular weight excluding hydrogens is 440 g/mol. The van der Waals surface area contributed by atoms with Gasteiger partial charge in [-0.1, -0.05) is 110 Å². The number of methoxy groups -OCH3 is 1. The monoisotopic (exact) mass is 488 g/mol. The van der Waals surface area contributed by atoms with Gasteiger partial charge in [0.15, 0.2) is 17.1 Å². The van der Waals surface area contributed by atoms with E-state index in [0.717, 1.165) is 25.7 Å². The second-order valence-corrected chi connectivity index (χ2v) is 9.53. The van der Waals surface area contributed by atoms with Crippen LogP contribution >= 0.6 is 0 Å². The van der Waals surface area contributed by atoms with E-state index in [9.17, 15) is 4.79 Å². The molecule has 0 aliphatic heterocycles. The van der Waals surface area contributed by atoms with Crippen LogP contribution in [-0.2, 0) is 0 Å². The molecule has 0 radical (unpaired) electrons. The van der Waals surface area contributed by atoms with Crippen LogP contribution in [0.15, 0.2) is 27.4 Å². The molecule has 5 nitrogen and oxygen atoms in total. The fourth-order valence-electron chi connectivity index (χ4n) is 4.42. The minimum Gasteiger partial charge on any atom is -0.492 e. The van der Waals surface area contributed by atoms with Gasteiger partial charge in [-0.05, 0) is 25.0 Å². The zero-order valence-electron chi connectivity index (χ0n) is 22.5. The number of para-hydroxylation sites is 1. The number of unbranched alkanes of at least 4 members (excludes halogenated alkanes) is 14. The van der Waals surface area contributed by atoms with Crippen LogP contribution in [0.3, 0.4) is 0 Å². The van der Waals surface area contributed by atoms with E-state index >= 15 is 0 Å². The molecule has 1 aromatic heterocycles. The van der Waals surface area contributed by atoms with Crippen molar-refractivity contribution >= 4 is 11.0 Å². The van der Waals surface area contributed by atoms with Crippen LogP contribution < -0.4 is 19.8 Å². The Kier molecular flexibility index (Phi) is 15.1. The lowest BCUT2D eigenvalue weighted by molar-refractivity contribution is 0.269. The highest BCUT2D eigenvalue weighted by Gasteiger charge is 2.19. The maximum absolute atomic E-state index is 12.7. The lowest BCUT2D eigenvalue weighted by atomic mass is 10.1. The molecular formula is C30H48O5. The van der Waals surface area contributed by atoms with E-state index in [1.54, 1.807) is 7.11 Å². The molecule has 0 aliphatic carbocycles. The summed E-state index contributed by atoms with van der Waals surface area (Å²) in [6.07, 6.45) is 19.7. The van der Waals surface area contributed by atoms with Crippen molar-refractivity contribution in [2.75, 3.05) is 20.3 Å². The van der Waals surface area contributed by atoms with E-state index in [1.807, 2.05) is 18.2 Å². The third-order valence-corrected chi connectivity index (χ3v) is 6.51. The number of hydrogen-bond acceptors (Lipinski definition) is 5. The predicted molar refractivity (Wildman–Crippen MR) is 145 cm³/mol. The summed E-state index contributed by atoms with van der Waals surface area (Å²) in [7, 11) is 1.56. The first-order chi connectivity index (χ1) is 17.2. The lowest BCUT2D eigenvalue weighted by Gasteiger charge is -2.13. The van der Waals surface area contributed by atoms with Gasteiger partial charge in [0.05, 0.1) is 25.7 Å². The first-order valence-electron chi connectivity index (χ1n) is 14.1. The normalized spacial score (nSPS) is 11.2. The van der Waals surface area contributed by atoms with Gasteiger partial charge in [-0.25, -0.2) is 4.79 Å². The van der Waals surface area contributed by atoms with E-state index in [1.165, 1.54) is 77.0 Å². The van der Waals surface area contributed by atoms with Crippen LogP contribution in [0.1, 0.15) is 117 Å². The van der Waals surface area contributed by atoms with Crippen molar-refractivity contribution in [2.45, 2.75) is 117 Å². The van der Waals surface area contributed by atoms with Gasteiger partial charge in [-0.2, -0.15) is 0 Å². The molecule has 0 fully saturated rings. The van der Waals surface area contributed by atoms with Crippen LogP contribution in [-0.4, -0.2) is 20.3 Å². The third-order valence-electron chi connectivity index (χ3n) is 6.51. The number of rotatable bonds is 21. The van der Waals surface area contributed by atoms with Crippen LogP contribution in [0, 0.1) is 0 Å². The fourth-order valence-corrected chi connectivity index (χ4v) is 4.42. The second kappa shape index (κ2) is 18.1. The van der Waals surface area contributed by atoms with Crippen molar-refractivity contribution in [3.8, 4) is 17.2 Å². The van der Waals surface area contributed by atoms with E-state index in [-0.39, 0.29) is 5.75 Å². The number of benzene rings is 1. The van der Waals surface area contributed by atoms with E-state index in [4.69, 9.17) is 18.6 Å². The summed E-state index contributed by atoms with van der Waals surface area (Å²) in [6.45, 7) is 5.57. The summed E-state index contributed by atoms with van der Waals surface area (Å²) < 4.78 is 23.1. The molecule has 35 heavy (non-hydrogen) atoms. The lowest BCUT2D eigenvalue weighted by Crippen LogP contribution is -2.11. The van der Waals surface area contributed by atoms with Gasteiger partial charge in [-0.15, -0.1) is 0 Å². The van der Waals surface area contributed by atoms with Gasteiger partial charge in [0.1, 0.15) is 0 Å². The van der Waals surface area contributed by atoms with Crippen molar-refractivity contribution < 1.29 is 18.6 Å². The van der Waals surface area contributed by atoms with E-state index < -0.39 is 5.63 Å². The second-order valence-electron chi connectivity index (χ2n) is 9.53. The van der Waals surface area contributed by atoms with Crippen LogP contribution in [0.4, 0.5) is 0 Å². The average Bonchev–Trinajstić information content (AvgIpc) is 2.87. The zero-order chi connectivity index (χ0) is 25.1. The molecule has 0 bridgehead atoms. The van der Waals surface area contributed by atoms with Crippen molar-refractivity contribution in [2.24, 2.45) is 0 Å². The van der Waals surface area contributed by atoms with Crippen LogP contribution in [0.25, 0.3) is 11.0 Å². The highest BCUT2D eigenvalue weighted by atomic mass is 16.5. The Balaban J connectivity index is 1.85. The van der Waals surface area contributed by atoms with Gasteiger partial charge < -0.3 is 18.6 Å². The molecule has 2 aromatic rings. The Morgan fingerprint density at radius 3 is 1.71 bits per heavy atom. The maximum atomic E-state index is 12.7. The molecule has 5 heteroatoms. The van der Waals surface area contributed by atoms with Crippen molar-refractivity contribution in [1.82, 2.24) is 0 Å². The molecule has 0 N–H and O–H groups in total. The largest absolute Gasteiger partial charge is 0.492 e. The van der Waals surface area contributed by atoms with E-state index in [2.05, 4.69) is 13.8 Å². The third kappa shape index (κ3) is 10.5. The molecule has 0 saturated heterocycles. The standard InChI is InChI=1S/C30H48O5/c1-4-6-8-10-12-14-16-18-23-33-26-22-20-21-25-27(26)35-30(31)29(28(25)32-3)34-24-19-17-15-13-11-9-7-5-2/h20-22H,4-19,23-24H2,1-3H3. The fraction of sp³-hybridized carbons (Fsp3) is 0.700. The summed E-state index contributed by atoms with van der Waals surface area (Å²) in [5, 5.41) is 0.700. The summed E-state index contributed by atoms with van der Waals surface area (Å²) in [6, 6.07) is 5.62. The van der Waals surface area contributed by atoms with Gasteiger partial charge in [0.25, 0.3) is 0 Å². The molecule has 1 heterocycles. The smallest absolute Gasteiger partial charge is 0.383 e. The Morgan fingerprint density at radius 1 is 0.657 bits per heavy atom. The first kappa shape index (κ1) is 29.1. The first-order valence-corrected chi connectivity index (χ1v) is 14.1. The summed E-state index contributed by atoms with van der Waals surface area (Å²) in [4.78, 5) is 12.7. The summed E-state index contributed by atoms with van der Waals surface area (Å²) >= 11 is 0. The summed E-state index contributed by atoms with van der Waals surface area (Å²) in [5.41, 5.74) is -0.0922. The minimum absolute atomic E-state index is 0.156. The van der Waals surface area contributed by atoms with Crippen LogP contribution in [0.2, 0.25) is 0 Å². The predicted octanol–water partition coefficient (Wildman–Crippen LogP) is 8.84. The molecule has 0 atom stereocenters. The molecule has 2 rings (SSSR count). The SMILES string of the molecule is CCCCCCCCCCOc1c(OC)c2cccc(OCCCCCCCCCC)c2oc1=O. The molecule has 198 valence electrons. The Hall–Kier alpha value is -2.17. The Bertz CT molecular complexity index is 873. The Morgan fingerprint density at radius 2 is 1.17 bits per heavy atom. The molecule has 0 aliphatic rings. The quantitative estimate of drug-likeness (QED) is 0.130. The number of ether oxygens (including phenoxy) is 3. The van der Waals surface area contributed by atoms with Gasteiger partial charge in [0.2, 0.25) is 5.75 Å². The van der Waals surface area contributed by atoms with Gasteiger partial charge >= 0.3 is 5.63 Å². The molecule has 0 amide bonds. The van der Waals surface area contributed by atoms with Crippen LogP contribution in [0.5, 0.6) is 17.2 Å². The molecule has 1 aromatic carbocycles. The number of fused-ring (bicyclic) bond motifs is 1. The summed E-state index contributed by atoms with van der Waals surface area (Å²) in [5.74, 6) is 1.16. The highest BCUT2D eigenvalue weighted by Crippen LogP contribution is 2.36. The topological polar surface area (TPSA) is 57.9 Å². The van der Waals surface area contributed by atoms with Gasteiger partial charge in [0, 0.05) is 0 Å². The zero-order valence-corrected chi connectivity index (χ0v) is 22.5. The maximum Gasteiger partial charge on any atom is 0.383 e. The highest BCUT2D eigenvalue weighted by molar-refractivity contribution is 5.89. The molecule has 0 unspecified atom stereocenters. The van der Waals surface area contributed by atoms with Crippen molar-refractivity contribution in [3.63, 3.8) is 0 Å². The Labute approximate surface area is 212 Å². The number of hydrogen-bond donors (Lipinski definition) is 0. The molecule has 0 spiro atoms. The van der Waals surface area contributed by atoms with E-state index in [0.29, 0.717) is 35.7 Å². The van der Waals surface area contributed by atoms with Crippen molar-refractivity contribution in [3.05, 3.63) is 28.6 Å². The van der Waals surface area contributed by atoms with Gasteiger partial charge in [-0.3, -0.25) is 0 Å². The average molecular weight is 489 g/mol. The molecule has 0 saturated carbocycles.